The lowest BCUT2D eigenvalue weighted by Crippen LogP contribution is -2.08. The molecular weight excluding hydrogens is 302 g/mol. The van der Waals surface area contributed by atoms with Gasteiger partial charge in [-0.25, -0.2) is 9.48 Å². The molecule has 8 nitrogen and oxygen atoms in total. The van der Waals surface area contributed by atoms with Crippen LogP contribution in [0.25, 0.3) is 0 Å². The molecule has 1 aromatic carbocycles. The minimum Gasteiger partial charge on any atom is -0.476 e. The highest BCUT2D eigenvalue weighted by Gasteiger charge is 2.25. The highest BCUT2D eigenvalue weighted by Crippen LogP contribution is 2.22. The van der Waals surface area contributed by atoms with E-state index in [9.17, 15) is 14.9 Å². The van der Waals surface area contributed by atoms with Gasteiger partial charge >= 0.3 is 11.7 Å². The molecule has 0 saturated carbocycles. The van der Waals surface area contributed by atoms with Crippen molar-refractivity contribution < 1.29 is 19.6 Å². The van der Waals surface area contributed by atoms with E-state index in [2.05, 4.69) is 5.10 Å². The number of benzene rings is 1. The number of carboxylic acids is 1. The number of aromatic carboxylic acids is 1. The second kappa shape index (κ2) is 5.80. The van der Waals surface area contributed by atoms with Crippen LogP contribution >= 0.6 is 11.6 Å². The number of halogens is 1. The van der Waals surface area contributed by atoms with Gasteiger partial charge in [-0.1, -0.05) is 11.6 Å². The van der Waals surface area contributed by atoms with Gasteiger partial charge in [0.2, 0.25) is 5.69 Å². The molecule has 1 N–H and O–H groups in total. The third-order valence-corrected chi connectivity index (χ3v) is 2.87. The molecule has 0 aliphatic heterocycles. The van der Waals surface area contributed by atoms with Gasteiger partial charge < -0.3 is 9.84 Å². The number of carboxylic acid groups (broad SMARTS) is 1. The van der Waals surface area contributed by atoms with Crippen molar-refractivity contribution in [3.8, 4) is 5.75 Å². The number of rotatable bonds is 5. The summed E-state index contributed by atoms with van der Waals surface area (Å²) in [5.41, 5.74) is -0.432. The highest BCUT2D eigenvalue weighted by atomic mass is 35.5. The molecule has 0 saturated heterocycles. The lowest BCUT2D eigenvalue weighted by Gasteiger charge is -2.08. The van der Waals surface area contributed by atoms with Gasteiger partial charge in [-0.15, -0.1) is 0 Å². The predicted molar refractivity (Wildman–Crippen MR) is 72.7 cm³/mol. The van der Waals surface area contributed by atoms with Gasteiger partial charge in [-0.2, -0.15) is 5.10 Å². The number of aromatic nitrogens is 2. The molecule has 0 spiro atoms. The second-order valence-corrected chi connectivity index (χ2v) is 4.58. The van der Waals surface area contributed by atoms with E-state index in [-0.39, 0.29) is 6.73 Å². The van der Waals surface area contributed by atoms with Crippen molar-refractivity contribution in [1.29, 1.82) is 0 Å². The van der Waals surface area contributed by atoms with Crippen LogP contribution in [-0.2, 0) is 6.73 Å². The lowest BCUT2D eigenvalue weighted by molar-refractivity contribution is -0.385. The smallest absolute Gasteiger partial charge is 0.363 e. The summed E-state index contributed by atoms with van der Waals surface area (Å²) < 4.78 is 6.48. The van der Waals surface area contributed by atoms with E-state index in [0.717, 1.165) is 16.4 Å². The number of nitro groups is 1. The SMILES string of the molecule is Cc1cc(Cl)ccc1OCn1cc([N+](=O)[O-])c(C(=O)O)n1. The van der Waals surface area contributed by atoms with Crippen molar-refractivity contribution in [2.24, 2.45) is 0 Å². The van der Waals surface area contributed by atoms with E-state index in [0.29, 0.717) is 10.8 Å². The molecule has 0 unspecified atom stereocenters. The van der Waals surface area contributed by atoms with Crippen LogP contribution < -0.4 is 4.74 Å². The maximum atomic E-state index is 10.9. The fourth-order valence-electron chi connectivity index (χ4n) is 1.67. The Morgan fingerprint density at radius 2 is 2.29 bits per heavy atom. The van der Waals surface area contributed by atoms with Gasteiger partial charge in [-0.3, -0.25) is 10.1 Å². The molecule has 0 aliphatic rings. The maximum absolute atomic E-state index is 10.9. The van der Waals surface area contributed by atoms with Crippen molar-refractivity contribution in [3.63, 3.8) is 0 Å². The fourth-order valence-corrected chi connectivity index (χ4v) is 1.90. The van der Waals surface area contributed by atoms with Gasteiger partial charge in [0.25, 0.3) is 0 Å². The molecule has 0 aliphatic carbocycles. The summed E-state index contributed by atoms with van der Waals surface area (Å²) in [5, 5.41) is 23.8. The summed E-state index contributed by atoms with van der Waals surface area (Å²) in [6.07, 6.45) is 1.01. The van der Waals surface area contributed by atoms with Gasteiger partial charge in [0.1, 0.15) is 11.9 Å². The quantitative estimate of drug-likeness (QED) is 0.671. The molecular formula is C12H10ClN3O5. The molecule has 0 fully saturated rings. The van der Waals surface area contributed by atoms with Crippen molar-refractivity contribution in [2.75, 3.05) is 0 Å². The summed E-state index contributed by atoms with van der Waals surface area (Å²) in [6.45, 7) is 1.63. The van der Waals surface area contributed by atoms with E-state index in [1.807, 2.05) is 0 Å². The second-order valence-electron chi connectivity index (χ2n) is 4.15. The van der Waals surface area contributed by atoms with Crippen LogP contribution in [-0.4, -0.2) is 25.8 Å². The van der Waals surface area contributed by atoms with E-state index >= 15 is 0 Å². The summed E-state index contributed by atoms with van der Waals surface area (Å²) in [6, 6.07) is 4.98. The number of ether oxygens (including phenoxy) is 1. The van der Waals surface area contributed by atoms with Crippen molar-refractivity contribution in [2.45, 2.75) is 13.7 Å². The van der Waals surface area contributed by atoms with E-state index in [4.69, 9.17) is 21.4 Å². The van der Waals surface area contributed by atoms with Gasteiger partial charge in [-0.05, 0) is 30.7 Å². The largest absolute Gasteiger partial charge is 0.476 e. The van der Waals surface area contributed by atoms with Crippen LogP contribution in [0, 0.1) is 17.0 Å². The molecule has 2 rings (SSSR count). The summed E-state index contributed by atoms with van der Waals surface area (Å²) in [7, 11) is 0. The number of nitrogens with zero attached hydrogens (tertiary/aromatic N) is 3. The number of hydrogen-bond acceptors (Lipinski definition) is 5. The topological polar surface area (TPSA) is 107 Å². The molecule has 1 heterocycles. The molecule has 0 atom stereocenters. The first-order valence-electron chi connectivity index (χ1n) is 5.72. The van der Waals surface area contributed by atoms with Crippen molar-refractivity contribution in [3.05, 3.63) is 50.8 Å². The zero-order valence-corrected chi connectivity index (χ0v) is 11.6. The van der Waals surface area contributed by atoms with Gasteiger partial charge in [0.05, 0.1) is 4.92 Å². The molecule has 110 valence electrons. The van der Waals surface area contributed by atoms with Crippen LogP contribution in [0.2, 0.25) is 5.02 Å². The Labute approximate surface area is 123 Å². The molecule has 0 radical (unpaired) electrons. The minimum atomic E-state index is -1.47. The number of aryl methyl sites for hydroxylation is 1. The van der Waals surface area contributed by atoms with E-state index in [1.165, 1.54) is 0 Å². The average Bonchev–Trinajstić information content (AvgIpc) is 2.82. The predicted octanol–water partition coefficient (Wildman–Crippen LogP) is 2.49. The molecule has 0 bridgehead atoms. The number of hydrogen-bond donors (Lipinski definition) is 1. The van der Waals surface area contributed by atoms with Crippen LogP contribution in [0.1, 0.15) is 16.1 Å². The highest BCUT2D eigenvalue weighted by molar-refractivity contribution is 6.30. The van der Waals surface area contributed by atoms with Crippen LogP contribution in [0.3, 0.4) is 0 Å². The van der Waals surface area contributed by atoms with E-state index in [1.54, 1.807) is 25.1 Å². The molecule has 9 heteroatoms. The lowest BCUT2D eigenvalue weighted by atomic mass is 10.2. The zero-order chi connectivity index (χ0) is 15.6. The third kappa shape index (κ3) is 3.29. The Kier molecular flexibility index (Phi) is 4.08. The standard InChI is InChI=1S/C12H10ClN3O5/c1-7-4-8(13)2-3-10(7)21-6-15-5-9(16(19)20)11(14-15)12(17)18/h2-5H,6H2,1H3,(H,17,18). The van der Waals surface area contributed by atoms with Crippen LogP contribution in [0.5, 0.6) is 5.75 Å². The summed E-state index contributed by atoms with van der Waals surface area (Å²) in [4.78, 5) is 20.8. The number of carbonyl (C=O) groups is 1. The summed E-state index contributed by atoms with van der Waals surface area (Å²) >= 11 is 5.81. The molecule has 1 aromatic heterocycles. The van der Waals surface area contributed by atoms with E-state index < -0.39 is 22.3 Å². The molecule has 2 aromatic rings. The Morgan fingerprint density at radius 3 is 2.81 bits per heavy atom. The molecule has 0 amide bonds. The third-order valence-electron chi connectivity index (χ3n) is 2.63. The average molecular weight is 312 g/mol. The fraction of sp³-hybridized carbons (Fsp3) is 0.167. The Morgan fingerprint density at radius 1 is 1.57 bits per heavy atom. The first-order chi connectivity index (χ1) is 9.88. The van der Waals surface area contributed by atoms with Crippen molar-refractivity contribution in [1.82, 2.24) is 9.78 Å². The Balaban J connectivity index is 2.18. The zero-order valence-electron chi connectivity index (χ0n) is 10.8. The first kappa shape index (κ1) is 14.8. The first-order valence-corrected chi connectivity index (χ1v) is 6.10. The van der Waals surface area contributed by atoms with Gasteiger partial charge in [0.15, 0.2) is 6.73 Å². The Bertz CT molecular complexity index is 681. The molecule has 21 heavy (non-hydrogen) atoms. The Hall–Kier alpha value is -2.61. The van der Waals surface area contributed by atoms with Gasteiger partial charge in [0, 0.05) is 5.02 Å². The maximum Gasteiger partial charge on any atom is 0.363 e. The van der Waals surface area contributed by atoms with Crippen molar-refractivity contribution >= 4 is 23.3 Å². The summed E-state index contributed by atoms with van der Waals surface area (Å²) in [5.74, 6) is -0.947. The normalized spacial score (nSPS) is 10.4. The van der Waals surface area contributed by atoms with Crippen LogP contribution in [0.15, 0.2) is 24.4 Å². The monoisotopic (exact) mass is 311 g/mol. The van der Waals surface area contributed by atoms with Crippen LogP contribution in [0.4, 0.5) is 5.69 Å². The minimum absolute atomic E-state index is 0.156.